The number of aromatic nitrogens is 1. The van der Waals surface area contributed by atoms with Gasteiger partial charge >= 0.3 is 0 Å². The second-order valence-electron chi connectivity index (χ2n) is 9.16. The van der Waals surface area contributed by atoms with E-state index >= 15 is 0 Å². The van der Waals surface area contributed by atoms with E-state index < -0.39 is 0 Å². The summed E-state index contributed by atoms with van der Waals surface area (Å²) < 4.78 is 11.2. The lowest BCUT2D eigenvalue weighted by Gasteiger charge is -2.35. The predicted octanol–water partition coefficient (Wildman–Crippen LogP) is 2.73. The molecule has 2 atom stereocenters. The van der Waals surface area contributed by atoms with Gasteiger partial charge in [-0.15, -0.1) is 24.0 Å². The molecule has 0 amide bonds. The second kappa shape index (κ2) is 15.0. The molecule has 2 fully saturated rings. The maximum atomic E-state index is 5.66. The lowest BCUT2D eigenvalue weighted by molar-refractivity contribution is 0.0132. The number of rotatable bonds is 9. The molecule has 8 nitrogen and oxygen atoms in total. The van der Waals surface area contributed by atoms with Crippen LogP contribution in [-0.2, 0) is 16.0 Å². The van der Waals surface area contributed by atoms with Gasteiger partial charge in [-0.1, -0.05) is 13.8 Å². The summed E-state index contributed by atoms with van der Waals surface area (Å²) in [5.41, 5.74) is 1.17. The van der Waals surface area contributed by atoms with Crippen LogP contribution in [0, 0.1) is 5.92 Å². The van der Waals surface area contributed by atoms with Crippen molar-refractivity contribution >= 4 is 35.8 Å². The Morgan fingerprint density at radius 3 is 2.70 bits per heavy atom. The maximum absolute atomic E-state index is 5.66. The Bertz CT molecular complexity index is 714. The number of aliphatic imine (C=N–C) groups is 1. The van der Waals surface area contributed by atoms with Crippen molar-refractivity contribution in [3.63, 3.8) is 0 Å². The van der Waals surface area contributed by atoms with Gasteiger partial charge in [-0.2, -0.15) is 0 Å². The number of hydrogen-bond donors (Lipinski definition) is 2. The molecule has 2 aliphatic rings. The van der Waals surface area contributed by atoms with Crippen molar-refractivity contribution < 1.29 is 9.47 Å². The normalized spacial score (nSPS) is 20.9. The van der Waals surface area contributed by atoms with Crippen LogP contribution in [0.5, 0.6) is 0 Å². The highest BCUT2D eigenvalue weighted by Crippen LogP contribution is 2.17. The molecule has 0 radical (unpaired) electrons. The van der Waals surface area contributed by atoms with Crippen LogP contribution >= 0.6 is 24.0 Å². The first kappa shape index (κ1) is 28.1. The van der Waals surface area contributed by atoms with Crippen LogP contribution in [0.1, 0.15) is 39.7 Å². The lowest BCUT2D eigenvalue weighted by Crippen LogP contribution is -2.51. The van der Waals surface area contributed by atoms with E-state index in [0.717, 1.165) is 77.3 Å². The largest absolute Gasteiger partial charge is 0.379 e. The molecule has 0 spiro atoms. The zero-order valence-electron chi connectivity index (χ0n) is 20.8. The number of nitrogens with zero attached hydrogens (tertiary/aromatic N) is 4. The fraction of sp³-hybridized carbons (Fsp3) is 0.750. The number of pyridine rings is 1. The SMILES string of the molecule is CCNC(=NCc1ccnc(N2CCOC(C)C2)c1)NCC(CC(C)C)N1CCOCC1.I. The third-order valence-electron chi connectivity index (χ3n) is 5.95. The van der Waals surface area contributed by atoms with Gasteiger partial charge in [0, 0.05) is 51.5 Å². The molecule has 2 aliphatic heterocycles. The summed E-state index contributed by atoms with van der Waals surface area (Å²) >= 11 is 0. The molecule has 33 heavy (non-hydrogen) atoms. The molecule has 9 heteroatoms. The quantitative estimate of drug-likeness (QED) is 0.267. The topological polar surface area (TPSA) is 74.2 Å². The van der Waals surface area contributed by atoms with E-state index in [-0.39, 0.29) is 30.1 Å². The van der Waals surface area contributed by atoms with Gasteiger partial charge in [0.05, 0.1) is 32.5 Å². The van der Waals surface area contributed by atoms with Crippen LogP contribution in [-0.4, -0.2) is 87.1 Å². The van der Waals surface area contributed by atoms with Gasteiger partial charge in [0.15, 0.2) is 5.96 Å². The lowest BCUT2D eigenvalue weighted by atomic mass is 10.0. The molecular weight excluding hydrogens is 531 g/mol. The molecule has 0 saturated carbocycles. The molecule has 1 aromatic heterocycles. The Kier molecular flexibility index (Phi) is 12.7. The van der Waals surface area contributed by atoms with Gasteiger partial charge < -0.3 is 25.0 Å². The Balaban J connectivity index is 0.00000385. The van der Waals surface area contributed by atoms with Gasteiger partial charge in [-0.05, 0) is 43.9 Å². The standard InChI is InChI=1S/C24H42N6O2.HI/c1-5-25-24(28-17-22(14-19(2)3)29-8-11-31-12-9-29)27-16-21-6-7-26-23(15-21)30-10-13-32-20(4)18-30;/h6-7,15,19-20,22H,5,8-14,16-18H2,1-4H3,(H2,25,27,28);1H. The van der Waals surface area contributed by atoms with Crippen LogP contribution < -0.4 is 15.5 Å². The van der Waals surface area contributed by atoms with Crippen molar-refractivity contribution in [2.24, 2.45) is 10.9 Å². The average Bonchev–Trinajstić information content (AvgIpc) is 2.80. The Morgan fingerprint density at radius 1 is 1.21 bits per heavy atom. The van der Waals surface area contributed by atoms with Crippen molar-refractivity contribution in [2.75, 3.05) is 64.0 Å². The van der Waals surface area contributed by atoms with E-state index in [1.165, 1.54) is 5.56 Å². The van der Waals surface area contributed by atoms with Crippen molar-refractivity contribution in [3.05, 3.63) is 23.9 Å². The summed E-state index contributed by atoms with van der Waals surface area (Å²) in [4.78, 5) is 14.3. The third-order valence-corrected chi connectivity index (χ3v) is 5.95. The summed E-state index contributed by atoms with van der Waals surface area (Å²) in [6.45, 7) is 17.3. The van der Waals surface area contributed by atoms with Crippen LogP contribution in [0.2, 0.25) is 0 Å². The number of nitrogens with one attached hydrogen (secondary N) is 2. The Hall–Kier alpha value is -1.17. The summed E-state index contributed by atoms with van der Waals surface area (Å²) in [6, 6.07) is 4.69. The Labute approximate surface area is 216 Å². The highest BCUT2D eigenvalue weighted by Gasteiger charge is 2.22. The van der Waals surface area contributed by atoms with Crippen LogP contribution in [0.3, 0.4) is 0 Å². The number of guanidine groups is 1. The van der Waals surface area contributed by atoms with Gasteiger partial charge in [0.2, 0.25) is 0 Å². The minimum absolute atomic E-state index is 0. The molecule has 2 unspecified atom stereocenters. The van der Waals surface area contributed by atoms with Crippen molar-refractivity contribution in [3.8, 4) is 0 Å². The van der Waals surface area contributed by atoms with E-state index in [1.54, 1.807) is 0 Å². The van der Waals surface area contributed by atoms with E-state index in [0.29, 0.717) is 18.5 Å². The molecule has 0 aliphatic carbocycles. The molecule has 2 saturated heterocycles. The minimum atomic E-state index is 0. The monoisotopic (exact) mass is 574 g/mol. The maximum Gasteiger partial charge on any atom is 0.191 e. The number of ether oxygens (including phenoxy) is 2. The van der Waals surface area contributed by atoms with Crippen molar-refractivity contribution in [2.45, 2.75) is 52.8 Å². The van der Waals surface area contributed by atoms with E-state index in [9.17, 15) is 0 Å². The number of anilines is 1. The zero-order chi connectivity index (χ0) is 22.8. The zero-order valence-corrected chi connectivity index (χ0v) is 23.1. The number of morpholine rings is 2. The molecule has 2 N–H and O–H groups in total. The average molecular weight is 575 g/mol. The summed E-state index contributed by atoms with van der Waals surface area (Å²) in [5.74, 6) is 2.53. The van der Waals surface area contributed by atoms with Gasteiger partial charge in [-0.3, -0.25) is 4.90 Å². The van der Waals surface area contributed by atoms with E-state index in [2.05, 4.69) is 65.2 Å². The molecule has 3 heterocycles. The molecular formula is C24H43IN6O2. The fourth-order valence-electron chi connectivity index (χ4n) is 4.33. The minimum Gasteiger partial charge on any atom is -0.379 e. The Morgan fingerprint density at radius 2 is 2.00 bits per heavy atom. The molecule has 0 bridgehead atoms. The van der Waals surface area contributed by atoms with Gasteiger partial charge in [0.1, 0.15) is 5.82 Å². The third kappa shape index (κ3) is 9.54. The van der Waals surface area contributed by atoms with E-state index in [1.807, 2.05) is 6.20 Å². The summed E-state index contributed by atoms with van der Waals surface area (Å²) in [5, 5.41) is 6.99. The summed E-state index contributed by atoms with van der Waals surface area (Å²) in [6.07, 6.45) is 3.29. The molecule has 1 aromatic rings. The molecule has 3 rings (SSSR count). The predicted molar refractivity (Wildman–Crippen MR) is 146 cm³/mol. The molecule has 188 valence electrons. The van der Waals surface area contributed by atoms with Crippen LogP contribution in [0.25, 0.3) is 0 Å². The first-order valence-corrected chi connectivity index (χ1v) is 12.2. The highest BCUT2D eigenvalue weighted by molar-refractivity contribution is 14.0. The number of halogens is 1. The fourth-order valence-corrected chi connectivity index (χ4v) is 4.33. The van der Waals surface area contributed by atoms with Crippen molar-refractivity contribution in [1.29, 1.82) is 0 Å². The van der Waals surface area contributed by atoms with Crippen LogP contribution in [0.4, 0.5) is 5.82 Å². The van der Waals surface area contributed by atoms with Crippen molar-refractivity contribution in [1.82, 2.24) is 20.5 Å². The van der Waals surface area contributed by atoms with E-state index in [4.69, 9.17) is 14.5 Å². The highest BCUT2D eigenvalue weighted by atomic mass is 127. The first-order chi connectivity index (χ1) is 15.5. The first-order valence-electron chi connectivity index (χ1n) is 12.2. The molecule has 0 aromatic carbocycles. The summed E-state index contributed by atoms with van der Waals surface area (Å²) in [7, 11) is 0. The second-order valence-corrected chi connectivity index (χ2v) is 9.16. The number of hydrogen-bond acceptors (Lipinski definition) is 6. The van der Waals surface area contributed by atoms with Crippen LogP contribution in [0.15, 0.2) is 23.3 Å². The van der Waals surface area contributed by atoms with Gasteiger partial charge in [0.25, 0.3) is 0 Å². The smallest absolute Gasteiger partial charge is 0.191 e. The van der Waals surface area contributed by atoms with Gasteiger partial charge in [-0.25, -0.2) is 9.98 Å².